The maximum absolute atomic E-state index is 12.7. The van der Waals surface area contributed by atoms with E-state index in [1.165, 1.54) is 30.6 Å². The normalized spacial score (nSPS) is 12.0. The first kappa shape index (κ1) is 37.2. The van der Waals surface area contributed by atoms with E-state index in [9.17, 15) is 5.11 Å². The second-order valence-electron chi connectivity index (χ2n) is 16.8. The van der Waals surface area contributed by atoms with Crippen LogP contribution in [0.1, 0.15) is 31.9 Å². The number of aromatic nitrogens is 3. The summed E-state index contributed by atoms with van der Waals surface area (Å²) in [6.45, 7) is 8.95. The Balaban J connectivity index is 1.18. The number of phenolic OH excluding ortho intramolecular Hbond substituents is 1. The lowest BCUT2D eigenvalue weighted by Crippen LogP contribution is -2.12. The highest BCUT2D eigenvalue weighted by atomic mass is 32.2. The summed E-state index contributed by atoms with van der Waals surface area (Å²) in [7, 11) is 0. The SMILES string of the molecule is Cc1ccc(-n2c(-c3cc(C(C)(C)C)c4c(sc5sc6ccccc6c54)c3O)nc3c(-c4cccc(-c5cc(-c6ccccc6)ccn5)c4)cccc32)c(-c2ccccc2)c1. The summed E-state index contributed by atoms with van der Waals surface area (Å²) in [4.78, 5) is 10.4. The van der Waals surface area contributed by atoms with Crippen LogP contribution < -0.4 is 0 Å². The van der Waals surface area contributed by atoms with Crippen molar-refractivity contribution in [3.8, 4) is 67.5 Å². The van der Waals surface area contributed by atoms with Crippen LogP contribution in [0.4, 0.5) is 0 Å². The Morgan fingerprint density at radius 1 is 0.574 bits per heavy atom. The van der Waals surface area contributed by atoms with Gasteiger partial charge < -0.3 is 5.11 Å². The minimum atomic E-state index is -0.231. The molecule has 4 heterocycles. The standard InChI is InChI=1S/C55H41N3OS2/c1-33-25-26-45(41(29-33)35-17-9-6-10-18-35)58-46-23-14-22-39(37-19-13-20-38(30-37)44-31-36(27-28-56-44)34-15-7-5-8-16-34)50(46)57-53(58)42-32-43(55(2,3)4)49-48-40-21-11-12-24-47(40)60-54(48)61-52(49)51(42)59/h5-32,59H,1-4H3. The van der Waals surface area contributed by atoms with E-state index in [0.29, 0.717) is 11.4 Å². The van der Waals surface area contributed by atoms with Gasteiger partial charge >= 0.3 is 0 Å². The number of pyridine rings is 1. The first-order valence-electron chi connectivity index (χ1n) is 20.6. The molecule has 0 saturated carbocycles. The highest BCUT2D eigenvalue weighted by Gasteiger charge is 2.29. The van der Waals surface area contributed by atoms with Crippen LogP contribution in [0.15, 0.2) is 170 Å². The van der Waals surface area contributed by atoms with E-state index in [1.54, 1.807) is 22.7 Å². The van der Waals surface area contributed by atoms with Crippen LogP contribution >= 0.6 is 22.7 Å². The molecule has 0 bridgehead atoms. The minimum absolute atomic E-state index is 0.231. The molecule has 1 N–H and O–H groups in total. The van der Waals surface area contributed by atoms with E-state index >= 15 is 0 Å². The van der Waals surface area contributed by atoms with Crippen molar-refractivity contribution in [3.63, 3.8) is 0 Å². The maximum atomic E-state index is 12.7. The largest absolute Gasteiger partial charge is 0.506 e. The molecule has 7 aromatic carbocycles. The van der Waals surface area contributed by atoms with Crippen molar-refractivity contribution in [2.24, 2.45) is 0 Å². The fourth-order valence-electron chi connectivity index (χ4n) is 8.88. The van der Waals surface area contributed by atoms with E-state index in [-0.39, 0.29) is 11.2 Å². The summed E-state index contributed by atoms with van der Waals surface area (Å²) in [5.74, 6) is 0.960. The zero-order valence-corrected chi connectivity index (χ0v) is 35.9. The predicted molar refractivity (Wildman–Crippen MR) is 259 cm³/mol. The number of hydrogen-bond donors (Lipinski definition) is 1. The van der Waals surface area contributed by atoms with Gasteiger partial charge in [-0.2, -0.15) is 0 Å². The number of rotatable bonds is 6. The quantitative estimate of drug-likeness (QED) is 0.182. The first-order valence-corrected chi connectivity index (χ1v) is 22.3. The number of benzene rings is 7. The molecule has 6 heteroatoms. The van der Waals surface area contributed by atoms with E-state index in [2.05, 4.69) is 190 Å². The average Bonchev–Trinajstić information content (AvgIpc) is 3.97. The number of nitrogens with zero attached hydrogens (tertiary/aromatic N) is 3. The van der Waals surface area contributed by atoms with Crippen LogP contribution in [0.5, 0.6) is 5.75 Å². The molecule has 11 rings (SSSR count). The summed E-state index contributed by atoms with van der Waals surface area (Å²) in [6, 6.07) is 57.7. The van der Waals surface area contributed by atoms with Crippen LogP contribution in [0.25, 0.3) is 102 Å². The number of phenols is 1. The number of imidazole rings is 1. The molecule has 0 fully saturated rings. The van der Waals surface area contributed by atoms with Gasteiger partial charge in [-0.3, -0.25) is 9.55 Å². The number of thiophene rings is 2. The van der Waals surface area contributed by atoms with E-state index in [4.69, 9.17) is 9.97 Å². The zero-order chi connectivity index (χ0) is 41.4. The summed E-state index contributed by atoms with van der Waals surface area (Å²) >= 11 is 3.49. The molecule has 0 aliphatic rings. The molecular formula is C55H41N3OS2. The van der Waals surface area contributed by atoms with Gasteiger partial charge in [0.2, 0.25) is 0 Å². The smallest absolute Gasteiger partial charge is 0.149 e. The number of aromatic hydroxyl groups is 1. The summed E-state index contributed by atoms with van der Waals surface area (Å²) < 4.78 is 5.66. The lowest BCUT2D eigenvalue weighted by atomic mass is 9.82. The van der Waals surface area contributed by atoms with Gasteiger partial charge in [-0.25, -0.2) is 4.98 Å². The maximum Gasteiger partial charge on any atom is 0.149 e. The van der Waals surface area contributed by atoms with Crippen molar-refractivity contribution in [2.45, 2.75) is 33.1 Å². The van der Waals surface area contributed by atoms with Crippen LogP contribution in [0.2, 0.25) is 0 Å². The minimum Gasteiger partial charge on any atom is -0.506 e. The molecule has 0 aliphatic carbocycles. The Kier molecular flexibility index (Phi) is 8.78. The molecule has 0 spiro atoms. The van der Waals surface area contributed by atoms with E-state index < -0.39 is 0 Å². The van der Waals surface area contributed by atoms with Crippen molar-refractivity contribution >= 4 is 63.3 Å². The third-order valence-electron chi connectivity index (χ3n) is 11.8. The molecule has 4 nitrogen and oxygen atoms in total. The zero-order valence-electron chi connectivity index (χ0n) is 34.3. The van der Waals surface area contributed by atoms with Crippen LogP contribution in [-0.2, 0) is 5.41 Å². The second-order valence-corrected chi connectivity index (χ2v) is 19.2. The summed E-state index contributed by atoms with van der Waals surface area (Å²) in [5.41, 5.74) is 14.1. The van der Waals surface area contributed by atoms with E-state index in [0.717, 1.165) is 71.4 Å². The van der Waals surface area contributed by atoms with Crippen molar-refractivity contribution in [3.05, 3.63) is 181 Å². The fourth-order valence-corrected chi connectivity index (χ4v) is 11.5. The molecule has 0 amide bonds. The molecule has 0 atom stereocenters. The Morgan fingerprint density at radius 2 is 1.30 bits per heavy atom. The van der Waals surface area contributed by atoms with Crippen molar-refractivity contribution in [1.29, 1.82) is 0 Å². The van der Waals surface area contributed by atoms with Crippen molar-refractivity contribution < 1.29 is 5.11 Å². The summed E-state index contributed by atoms with van der Waals surface area (Å²) in [5, 5.41) is 16.3. The second kappa shape index (κ2) is 14.4. The number of fused-ring (bicyclic) bond motifs is 6. The van der Waals surface area contributed by atoms with Gasteiger partial charge in [0.25, 0.3) is 0 Å². The van der Waals surface area contributed by atoms with Gasteiger partial charge in [-0.05, 0) is 88.7 Å². The van der Waals surface area contributed by atoms with Gasteiger partial charge in [0.1, 0.15) is 11.6 Å². The van der Waals surface area contributed by atoms with Crippen molar-refractivity contribution in [1.82, 2.24) is 14.5 Å². The number of para-hydroxylation sites is 1. The van der Waals surface area contributed by atoms with Gasteiger partial charge in [0.05, 0.1) is 36.7 Å². The van der Waals surface area contributed by atoms with Crippen LogP contribution in [-0.4, -0.2) is 19.6 Å². The molecule has 4 aromatic heterocycles. The Hall–Kier alpha value is -6.86. The third kappa shape index (κ3) is 6.25. The van der Waals surface area contributed by atoms with Gasteiger partial charge in [0.15, 0.2) is 0 Å². The highest BCUT2D eigenvalue weighted by molar-refractivity contribution is 7.44. The predicted octanol–water partition coefficient (Wildman–Crippen LogP) is 15.6. The Morgan fingerprint density at radius 3 is 2.10 bits per heavy atom. The highest BCUT2D eigenvalue weighted by Crippen LogP contribution is 2.53. The van der Waals surface area contributed by atoms with Gasteiger partial charge in [-0.15, -0.1) is 22.7 Å². The summed E-state index contributed by atoms with van der Waals surface area (Å²) in [6.07, 6.45) is 1.89. The Labute approximate surface area is 362 Å². The molecule has 0 radical (unpaired) electrons. The van der Waals surface area contributed by atoms with Crippen molar-refractivity contribution in [2.75, 3.05) is 0 Å². The lowest BCUT2D eigenvalue weighted by molar-refractivity contribution is 0.483. The molecular weight excluding hydrogens is 783 g/mol. The average molecular weight is 824 g/mol. The monoisotopic (exact) mass is 823 g/mol. The molecule has 11 aromatic rings. The topological polar surface area (TPSA) is 50.9 Å². The van der Waals surface area contributed by atoms with Crippen LogP contribution in [0.3, 0.4) is 0 Å². The fraction of sp³-hybridized carbons (Fsp3) is 0.0909. The number of hydrogen-bond acceptors (Lipinski definition) is 5. The molecule has 294 valence electrons. The van der Waals surface area contributed by atoms with Gasteiger partial charge in [-0.1, -0.05) is 142 Å². The number of aryl methyl sites for hydroxylation is 1. The third-order valence-corrected chi connectivity index (χ3v) is 14.3. The molecule has 0 aliphatic heterocycles. The molecule has 0 saturated heterocycles. The Bertz CT molecular complexity index is 3480. The molecule has 61 heavy (non-hydrogen) atoms. The van der Waals surface area contributed by atoms with Crippen LogP contribution in [0, 0.1) is 6.92 Å². The van der Waals surface area contributed by atoms with Gasteiger partial charge in [0, 0.05) is 43.7 Å². The molecule has 0 unspecified atom stereocenters. The first-order chi connectivity index (χ1) is 29.7. The van der Waals surface area contributed by atoms with E-state index in [1.807, 2.05) is 12.3 Å². The lowest BCUT2D eigenvalue weighted by Gasteiger charge is -2.23.